The lowest BCUT2D eigenvalue weighted by atomic mass is 9.82. The zero-order valence-electron chi connectivity index (χ0n) is 15.4. The number of nitrogens with zero attached hydrogens (tertiary/aromatic N) is 2. The van der Waals surface area contributed by atoms with Gasteiger partial charge in [0.15, 0.2) is 0 Å². The fourth-order valence-electron chi connectivity index (χ4n) is 4.68. The van der Waals surface area contributed by atoms with Gasteiger partial charge in [-0.25, -0.2) is 0 Å². The van der Waals surface area contributed by atoms with Crippen LogP contribution < -0.4 is 0 Å². The number of aliphatic carboxylic acids is 1. The van der Waals surface area contributed by atoms with Crippen LogP contribution in [0, 0.1) is 11.8 Å². The molecule has 25 heavy (non-hydrogen) atoms. The van der Waals surface area contributed by atoms with Crippen molar-refractivity contribution in [3.63, 3.8) is 0 Å². The number of carboxylic acid groups (broad SMARTS) is 1. The molecule has 1 unspecified atom stereocenters. The Bertz CT molecular complexity index is 532. The summed E-state index contributed by atoms with van der Waals surface area (Å²) in [5.74, 6) is -0.373. The van der Waals surface area contributed by atoms with E-state index in [0.717, 1.165) is 38.9 Å². The number of carbonyl (C=O) groups is 1. The molecule has 1 aromatic rings. The summed E-state index contributed by atoms with van der Waals surface area (Å²) in [5, 5.41) is 9.37. The van der Waals surface area contributed by atoms with Crippen LogP contribution in [0.25, 0.3) is 0 Å². The SMILES string of the molecule is CCC(C(=O)O)C1CCN(C2CCN(Cc3ccccc3)CC2)CC1. The topological polar surface area (TPSA) is 43.8 Å². The van der Waals surface area contributed by atoms with E-state index in [9.17, 15) is 9.90 Å². The Balaban J connectivity index is 1.43. The van der Waals surface area contributed by atoms with Crippen LogP contribution in [0.1, 0.15) is 44.6 Å². The molecule has 0 spiro atoms. The minimum Gasteiger partial charge on any atom is -0.481 e. The number of hydrogen-bond acceptors (Lipinski definition) is 3. The Morgan fingerprint density at radius 1 is 1.08 bits per heavy atom. The number of hydrogen-bond donors (Lipinski definition) is 1. The first-order valence-electron chi connectivity index (χ1n) is 9.90. The second-order valence-electron chi connectivity index (χ2n) is 7.72. The van der Waals surface area contributed by atoms with Crippen molar-refractivity contribution in [1.82, 2.24) is 9.80 Å². The van der Waals surface area contributed by atoms with Crippen LogP contribution >= 0.6 is 0 Å². The summed E-state index contributed by atoms with van der Waals surface area (Å²) >= 11 is 0. The Hall–Kier alpha value is -1.39. The molecule has 2 aliphatic heterocycles. The first-order chi connectivity index (χ1) is 12.2. The van der Waals surface area contributed by atoms with Crippen LogP contribution in [-0.4, -0.2) is 53.1 Å². The summed E-state index contributed by atoms with van der Waals surface area (Å²) in [7, 11) is 0. The average Bonchev–Trinajstić information content (AvgIpc) is 2.64. The van der Waals surface area contributed by atoms with Crippen LogP contribution in [0.4, 0.5) is 0 Å². The number of carboxylic acids is 1. The smallest absolute Gasteiger partial charge is 0.306 e. The summed E-state index contributed by atoms with van der Waals surface area (Å²) in [4.78, 5) is 16.6. The molecule has 2 saturated heterocycles. The Labute approximate surface area is 151 Å². The molecule has 2 heterocycles. The number of benzene rings is 1. The third-order valence-corrected chi connectivity index (χ3v) is 6.22. The van der Waals surface area contributed by atoms with Crippen LogP contribution in [0.15, 0.2) is 30.3 Å². The van der Waals surface area contributed by atoms with Crippen molar-refractivity contribution in [1.29, 1.82) is 0 Å². The van der Waals surface area contributed by atoms with Crippen LogP contribution in [0.5, 0.6) is 0 Å². The minimum absolute atomic E-state index is 0.144. The maximum absolute atomic E-state index is 11.4. The first-order valence-corrected chi connectivity index (χ1v) is 9.90. The lowest BCUT2D eigenvalue weighted by molar-refractivity contribution is -0.144. The van der Waals surface area contributed by atoms with Crippen LogP contribution in [0.3, 0.4) is 0 Å². The van der Waals surface area contributed by atoms with Crippen molar-refractivity contribution in [2.75, 3.05) is 26.2 Å². The predicted octanol–water partition coefficient (Wildman–Crippen LogP) is 3.47. The summed E-state index contributed by atoms with van der Waals surface area (Å²) in [6, 6.07) is 11.4. The second kappa shape index (κ2) is 8.81. The van der Waals surface area contributed by atoms with Gasteiger partial charge in [-0.1, -0.05) is 37.3 Å². The molecule has 0 bridgehead atoms. The number of rotatable bonds is 6. The quantitative estimate of drug-likeness (QED) is 0.858. The molecular weight excluding hydrogens is 312 g/mol. The standard InChI is InChI=1S/C21H32N2O2/c1-2-20(21(24)25)18-8-14-23(15-9-18)19-10-12-22(13-11-19)16-17-6-4-3-5-7-17/h3-7,18-20H,2,8-16H2,1H3,(H,24,25). The molecule has 1 atom stereocenters. The van der Waals surface area contributed by atoms with Crippen molar-refractivity contribution in [2.45, 2.75) is 51.6 Å². The maximum atomic E-state index is 11.4. The normalized spacial score (nSPS) is 22.8. The molecule has 2 aliphatic rings. The lowest BCUT2D eigenvalue weighted by Gasteiger charge is -2.42. The third kappa shape index (κ3) is 4.83. The average molecular weight is 344 g/mol. The van der Waals surface area contributed by atoms with Gasteiger partial charge in [0.1, 0.15) is 0 Å². The van der Waals surface area contributed by atoms with E-state index in [1.54, 1.807) is 0 Å². The van der Waals surface area contributed by atoms with Crippen molar-refractivity contribution in [3.8, 4) is 0 Å². The summed E-state index contributed by atoms with van der Waals surface area (Å²) < 4.78 is 0. The van der Waals surface area contributed by atoms with Gasteiger partial charge in [0.05, 0.1) is 5.92 Å². The van der Waals surface area contributed by atoms with Crippen LogP contribution in [-0.2, 0) is 11.3 Å². The van der Waals surface area contributed by atoms with Gasteiger partial charge in [0.2, 0.25) is 0 Å². The molecule has 1 N–H and O–H groups in total. The van der Waals surface area contributed by atoms with Gasteiger partial charge in [-0.05, 0) is 69.8 Å². The van der Waals surface area contributed by atoms with E-state index >= 15 is 0 Å². The Kier molecular flexibility index (Phi) is 6.49. The van der Waals surface area contributed by atoms with Gasteiger partial charge in [-0.3, -0.25) is 9.69 Å². The summed E-state index contributed by atoms with van der Waals surface area (Å²) in [6.07, 6.45) is 5.35. The number of piperidine rings is 2. The van der Waals surface area contributed by atoms with E-state index in [1.807, 2.05) is 6.92 Å². The monoisotopic (exact) mass is 344 g/mol. The zero-order chi connectivity index (χ0) is 17.6. The highest BCUT2D eigenvalue weighted by Crippen LogP contribution is 2.30. The second-order valence-corrected chi connectivity index (χ2v) is 7.72. The summed E-state index contributed by atoms with van der Waals surface area (Å²) in [5.41, 5.74) is 1.40. The van der Waals surface area contributed by atoms with E-state index in [-0.39, 0.29) is 5.92 Å². The molecule has 2 fully saturated rings. The highest BCUT2D eigenvalue weighted by Gasteiger charge is 2.33. The summed E-state index contributed by atoms with van der Waals surface area (Å²) in [6.45, 7) is 7.58. The molecule has 1 aromatic carbocycles. The molecule has 4 heteroatoms. The van der Waals surface area contributed by atoms with Crippen molar-refractivity contribution < 1.29 is 9.90 Å². The maximum Gasteiger partial charge on any atom is 0.306 e. The van der Waals surface area contributed by atoms with Gasteiger partial charge in [-0.2, -0.15) is 0 Å². The van der Waals surface area contributed by atoms with E-state index < -0.39 is 5.97 Å². The zero-order valence-corrected chi connectivity index (χ0v) is 15.4. The van der Waals surface area contributed by atoms with E-state index in [4.69, 9.17) is 0 Å². The largest absolute Gasteiger partial charge is 0.481 e. The number of likely N-dealkylation sites (tertiary alicyclic amines) is 2. The van der Waals surface area contributed by atoms with Gasteiger partial charge in [0, 0.05) is 12.6 Å². The van der Waals surface area contributed by atoms with Crippen molar-refractivity contribution >= 4 is 5.97 Å². The molecule has 0 radical (unpaired) electrons. The highest BCUT2D eigenvalue weighted by molar-refractivity contribution is 5.70. The molecular formula is C21H32N2O2. The predicted molar refractivity (Wildman–Crippen MR) is 100 cm³/mol. The molecule has 4 nitrogen and oxygen atoms in total. The molecule has 0 saturated carbocycles. The first kappa shape index (κ1) is 18.4. The Morgan fingerprint density at radius 2 is 1.72 bits per heavy atom. The lowest BCUT2D eigenvalue weighted by Crippen LogP contribution is -2.48. The van der Waals surface area contributed by atoms with Crippen LogP contribution in [0.2, 0.25) is 0 Å². The molecule has 0 aromatic heterocycles. The Morgan fingerprint density at radius 3 is 2.28 bits per heavy atom. The van der Waals surface area contributed by atoms with Gasteiger partial charge in [0.25, 0.3) is 0 Å². The van der Waals surface area contributed by atoms with Gasteiger partial charge >= 0.3 is 5.97 Å². The van der Waals surface area contributed by atoms with Gasteiger partial charge < -0.3 is 10.0 Å². The van der Waals surface area contributed by atoms with Gasteiger partial charge in [-0.15, -0.1) is 0 Å². The van der Waals surface area contributed by atoms with Crippen molar-refractivity contribution in [3.05, 3.63) is 35.9 Å². The molecule has 0 amide bonds. The minimum atomic E-state index is -0.602. The fourth-order valence-corrected chi connectivity index (χ4v) is 4.68. The van der Waals surface area contributed by atoms with E-state index in [1.165, 1.54) is 31.5 Å². The molecule has 138 valence electrons. The highest BCUT2D eigenvalue weighted by atomic mass is 16.4. The fraction of sp³-hybridized carbons (Fsp3) is 0.667. The molecule has 3 rings (SSSR count). The van der Waals surface area contributed by atoms with E-state index in [0.29, 0.717) is 12.0 Å². The van der Waals surface area contributed by atoms with Crippen molar-refractivity contribution in [2.24, 2.45) is 11.8 Å². The molecule has 0 aliphatic carbocycles. The van der Waals surface area contributed by atoms with E-state index in [2.05, 4.69) is 40.1 Å². The third-order valence-electron chi connectivity index (χ3n) is 6.22.